The minimum absolute atomic E-state index is 0.0599. The number of aromatic nitrogens is 3. The highest BCUT2D eigenvalue weighted by Gasteiger charge is 2.29. The minimum atomic E-state index is -0.992. The van der Waals surface area contributed by atoms with Gasteiger partial charge in [0.1, 0.15) is 11.1 Å². The first-order chi connectivity index (χ1) is 11.7. The van der Waals surface area contributed by atoms with E-state index in [0.717, 1.165) is 12.8 Å². The van der Waals surface area contributed by atoms with Crippen LogP contribution in [0.5, 0.6) is 0 Å². The third-order valence-electron chi connectivity index (χ3n) is 4.11. The molecule has 0 bridgehead atoms. The lowest BCUT2D eigenvalue weighted by molar-refractivity contribution is 0.0168. The van der Waals surface area contributed by atoms with Crippen LogP contribution in [0, 0.1) is 0 Å². The van der Waals surface area contributed by atoms with Crippen LogP contribution in [-0.4, -0.2) is 55.8 Å². The van der Waals surface area contributed by atoms with Crippen molar-refractivity contribution in [3.8, 4) is 0 Å². The number of rotatable bonds is 2. The van der Waals surface area contributed by atoms with E-state index in [-0.39, 0.29) is 17.7 Å². The van der Waals surface area contributed by atoms with Crippen molar-refractivity contribution in [1.29, 1.82) is 0 Å². The van der Waals surface area contributed by atoms with Crippen molar-refractivity contribution < 1.29 is 19.4 Å². The van der Waals surface area contributed by atoms with Gasteiger partial charge in [-0.2, -0.15) is 0 Å². The van der Waals surface area contributed by atoms with E-state index in [0.29, 0.717) is 24.1 Å². The van der Waals surface area contributed by atoms with Crippen LogP contribution in [-0.2, 0) is 4.74 Å². The molecule has 8 heteroatoms. The molecule has 0 aliphatic carbocycles. The van der Waals surface area contributed by atoms with Gasteiger partial charge in [0.25, 0.3) is 0 Å². The molecule has 1 fully saturated rings. The van der Waals surface area contributed by atoms with E-state index in [4.69, 9.17) is 4.74 Å². The average molecular weight is 346 g/mol. The Bertz CT molecular complexity index is 809. The first kappa shape index (κ1) is 17.2. The number of carboxylic acids is 1. The number of hydrogen-bond acceptors (Lipinski definition) is 5. The van der Waals surface area contributed by atoms with Gasteiger partial charge in [0.15, 0.2) is 0 Å². The zero-order valence-electron chi connectivity index (χ0n) is 14.6. The lowest BCUT2D eigenvalue weighted by Crippen LogP contribution is -2.43. The number of fused-ring (bicyclic) bond motifs is 1. The largest absolute Gasteiger partial charge is 0.478 e. The SMILES string of the molecule is CC(C)(C)OC(=O)N1CCCC(n2nnc3ccc(C(=O)O)cc32)C1. The highest BCUT2D eigenvalue weighted by Crippen LogP contribution is 2.26. The molecule has 1 aromatic heterocycles. The number of benzene rings is 1. The van der Waals surface area contributed by atoms with E-state index < -0.39 is 11.6 Å². The number of nitrogens with zero attached hydrogens (tertiary/aromatic N) is 4. The molecule has 1 aliphatic rings. The summed E-state index contributed by atoms with van der Waals surface area (Å²) in [6, 6.07) is 4.67. The number of aromatic carboxylic acids is 1. The minimum Gasteiger partial charge on any atom is -0.478 e. The second kappa shape index (κ2) is 6.34. The Morgan fingerprint density at radius 2 is 2.08 bits per heavy atom. The summed E-state index contributed by atoms with van der Waals surface area (Å²) in [5.74, 6) is -0.992. The highest BCUT2D eigenvalue weighted by molar-refractivity contribution is 5.92. The maximum absolute atomic E-state index is 12.3. The second-order valence-electron chi connectivity index (χ2n) is 7.27. The van der Waals surface area contributed by atoms with Crippen molar-refractivity contribution in [1.82, 2.24) is 19.9 Å². The van der Waals surface area contributed by atoms with E-state index >= 15 is 0 Å². The summed E-state index contributed by atoms with van der Waals surface area (Å²) in [6.07, 6.45) is 1.33. The molecular formula is C17H22N4O4. The highest BCUT2D eigenvalue weighted by atomic mass is 16.6. The number of ether oxygens (including phenoxy) is 1. The lowest BCUT2D eigenvalue weighted by Gasteiger charge is -2.34. The number of carboxylic acid groups (broad SMARTS) is 1. The van der Waals surface area contributed by atoms with Crippen molar-refractivity contribution in [2.75, 3.05) is 13.1 Å². The molecule has 0 radical (unpaired) electrons. The Hall–Kier alpha value is -2.64. The van der Waals surface area contributed by atoms with E-state index in [1.165, 1.54) is 6.07 Å². The normalized spacial score (nSPS) is 18.4. The summed E-state index contributed by atoms with van der Waals surface area (Å²) in [5.41, 5.74) is 0.951. The van der Waals surface area contributed by atoms with E-state index in [9.17, 15) is 14.7 Å². The van der Waals surface area contributed by atoms with Crippen LogP contribution in [0.15, 0.2) is 18.2 Å². The fraction of sp³-hybridized carbons (Fsp3) is 0.529. The van der Waals surface area contributed by atoms with Gasteiger partial charge >= 0.3 is 12.1 Å². The van der Waals surface area contributed by atoms with Crippen molar-refractivity contribution >= 4 is 23.1 Å². The fourth-order valence-corrected chi connectivity index (χ4v) is 2.99. The zero-order chi connectivity index (χ0) is 18.2. The van der Waals surface area contributed by atoms with Crippen molar-refractivity contribution in [3.63, 3.8) is 0 Å². The Balaban J connectivity index is 1.84. The Morgan fingerprint density at radius 3 is 2.76 bits per heavy atom. The number of piperidine rings is 1. The van der Waals surface area contributed by atoms with Crippen LogP contribution in [0.4, 0.5) is 4.79 Å². The summed E-state index contributed by atoms with van der Waals surface area (Å²) in [5, 5.41) is 17.5. The van der Waals surface area contributed by atoms with Crippen molar-refractivity contribution in [2.24, 2.45) is 0 Å². The van der Waals surface area contributed by atoms with E-state index in [1.807, 2.05) is 20.8 Å². The maximum Gasteiger partial charge on any atom is 0.410 e. The van der Waals surface area contributed by atoms with Gasteiger partial charge in [0.2, 0.25) is 0 Å². The molecule has 1 amide bonds. The van der Waals surface area contributed by atoms with Crippen LogP contribution >= 0.6 is 0 Å². The molecule has 1 aliphatic heterocycles. The molecule has 8 nitrogen and oxygen atoms in total. The average Bonchev–Trinajstić information content (AvgIpc) is 2.96. The number of carbonyl (C=O) groups is 2. The third kappa shape index (κ3) is 3.72. The molecule has 25 heavy (non-hydrogen) atoms. The van der Waals surface area contributed by atoms with Gasteiger partial charge in [0.05, 0.1) is 17.1 Å². The van der Waals surface area contributed by atoms with Gasteiger partial charge in [0, 0.05) is 13.1 Å². The van der Waals surface area contributed by atoms with Gasteiger partial charge in [-0.05, 0) is 51.8 Å². The van der Waals surface area contributed by atoms with Crippen LogP contribution in [0.2, 0.25) is 0 Å². The fourth-order valence-electron chi connectivity index (χ4n) is 2.99. The molecule has 0 saturated carbocycles. The van der Waals surface area contributed by atoms with Crippen molar-refractivity contribution in [3.05, 3.63) is 23.8 Å². The molecule has 1 saturated heterocycles. The Labute approximate surface area is 145 Å². The number of hydrogen-bond donors (Lipinski definition) is 1. The zero-order valence-corrected chi connectivity index (χ0v) is 14.6. The number of carbonyl (C=O) groups excluding carboxylic acids is 1. The molecule has 3 rings (SSSR count). The maximum atomic E-state index is 12.3. The molecule has 2 heterocycles. The molecule has 1 N–H and O–H groups in total. The van der Waals surface area contributed by atoms with Crippen molar-refractivity contribution in [2.45, 2.75) is 45.3 Å². The summed E-state index contributed by atoms with van der Waals surface area (Å²) < 4.78 is 7.17. The quantitative estimate of drug-likeness (QED) is 0.898. The van der Waals surface area contributed by atoms with Crippen LogP contribution < -0.4 is 0 Å². The predicted molar refractivity (Wildman–Crippen MR) is 90.6 cm³/mol. The molecular weight excluding hydrogens is 324 g/mol. The third-order valence-corrected chi connectivity index (χ3v) is 4.11. The van der Waals surface area contributed by atoms with Crippen LogP contribution in [0.25, 0.3) is 11.0 Å². The summed E-state index contributed by atoms with van der Waals surface area (Å²) in [6.45, 7) is 6.61. The molecule has 0 spiro atoms. The molecule has 1 atom stereocenters. The van der Waals surface area contributed by atoms with Crippen LogP contribution in [0.1, 0.15) is 50.0 Å². The van der Waals surface area contributed by atoms with Gasteiger partial charge in [-0.1, -0.05) is 5.21 Å². The van der Waals surface area contributed by atoms with E-state index in [1.54, 1.807) is 21.7 Å². The first-order valence-corrected chi connectivity index (χ1v) is 8.31. The standard InChI is InChI=1S/C17H22N4O4/c1-17(2,3)25-16(24)20-8-4-5-12(10-20)21-14-9-11(15(22)23)6-7-13(14)18-19-21/h6-7,9,12H,4-5,8,10H2,1-3H3,(H,22,23). The molecule has 1 unspecified atom stereocenters. The topological polar surface area (TPSA) is 97.5 Å². The smallest absolute Gasteiger partial charge is 0.410 e. The van der Waals surface area contributed by atoms with Gasteiger partial charge in [-0.15, -0.1) is 5.10 Å². The summed E-state index contributed by atoms with van der Waals surface area (Å²) in [7, 11) is 0. The first-order valence-electron chi connectivity index (χ1n) is 8.31. The lowest BCUT2D eigenvalue weighted by atomic mass is 10.1. The van der Waals surface area contributed by atoms with Crippen LogP contribution in [0.3, 0.4) is 0 Å². The molecule has 2 aromatic rings. The second-order valence-corrected chi connectivity index (χ2v) is 7.27. The van der Waals surface area contributed by atoms with Gasteiger partial charge in [-0.25, -0.2) is 14.3 Å². The predicted octanol–water partition coefficient (Wildman–Crippen LogP) is 2.70. The monoisotopic (exact) mass is 346 g/mol. The van der Waals surface area contributed by atoms with E-state index in [2.05, 4.69) is 10.3 Å². The number of amides is 1. The Morgan fingerprint density at radius 1 is 1.32 bits per heavy atom. The Kier molecular flexibility index (Phi) is 4.36. The molecule has 1 aromatic carbocycles. The van der Waals surface area contributed by atoms with Gasteiger partial charge in [-0.3, -0.25) is 0 Å². The molecule has 134 valence electrons. The summed E-state index contributed by atoms with van der Waals surface area (Å²) >= 11 is 0. The van der Waals surface area contributed by atoms with Gasteiger partial charge < -0.3 is 14.7 Å². The number of likely N-dealkylation sites (tertiary alicyclic amines) is 1. The summed E-state index contributed by atoms with van der Waals surface area (Å²) in [4.78, 5) is 25.2.